The molecule has 1 unspecified atom stereocenters. The van der Waals surface area contributed by atoms with Gasteiger partial charge in [-0.1, -0.05) is 0 Å². The molecule has 4 nitrogen and oxygen atoms in total. The van der Waals surface area contributed by atoms with Crippen molar-refractivity contribution in [1.82, 2.24) is 5.32 Å². The van der Waals surface area contributed by atoms with Gasteiger partial charge in [-0.25, -0.2) is 8.42 Å². The molecule has 0 bridgehead atoms. The first kappa shape index (κ1) is 10.9. The maximum absolute atomic E-state index is 11.0. The number of aliphatic hydroxyl groups is 1. The molecule has 0 radical (unpaired) electrons. The van der Waals surface area contributed by atoms with Crippen molar-refractivity contribution in [2.24, 2.45) is 0 Å². The molecular formula is C6H15NO3S. The fourth-order valence-electron chi connectivity index (χ4n) is 0.708. The highest BCUT2D eigenvalue weighted by molar-refractivity contribution is 7.91. The predicted molar refractivity (Wildman–Crippen MR) is 44.3 cm³/mol. The van der Waals surface area contributed by atoms with E-state index in [0.717, 1.165) is 0 Å². The molecule has 2 N–H and O–H groups in total. The number of rotatable bonds is 5. The zero-order valence-electron chi connectivity index (χ0n) is 6.87. The van der Waals surface area contributed by atoms with Crippen LogP contribution in [0.15, 0.2) is 0 Å². The molecule has 0 heterocycles. The first-order valence-corrected chi connectivity index (χ1v) is 5.33. The second-order valence-electron chi connectivity index (χ2n) is 2.57. The SMILES string of the molecule is CNCCS(=O)(=O)CC(C)O. The van der Waals surface area contributed by atoms with E-state index in [2.05, 4.69) is 5.32 Å². The topological polar surface area (TPSA) is 66.4 Å². The van der Waals surface area contributed by atoms with Crippen molar-refractivity contribution in [2.45, 2.75) is 13.0 Å². The lowest BCUT2D eigenvalue weighted by Gasteiger charge is -2.04. The van der Waals surface area contributed by atoms with Crippen LogP contribution in [0.5, 0.6) is 0 Å². The van der Waals surface area contributed by atoms with Crippen LogP contribution in [0.1, 0.15) is 6.92 Å². The Morgan fingerprint density at radius 3 is 2.45 bits per heavy atom. The summed E-state index contributed by atoms with van der Waals surface area (Å²) in [4.78, 5) is 0. The van der Waals surface area contributed by atoms with Gasteiger partial charge in [-0.05, 0) is 14.0 Å². The molecule has 11 heavy (non-hydrogen) atoms. The van der Waals surface area contributed by atoms with Crippen LogP contribution >= 0.6 is 0 Å². The third kappa shape index (κ3) is 6.28. The lowest BCUT2D eigenvalue weighted by Crippen LogP contribution is -2.25. The molecule has 0 rings (SSSR count). The molecule has 0 spiro atoms. The van der Waals surface area contributed by atoms with Gasteiger partial charge >= 0.3 is 0 Å². The molecule has 0 fully saturated rings. The average molecular weight is 181 g/mol. The van der Waals surface area contributed by atoms with Crippen molar-refractivity contribution in [1.29, 1.82) is 0 Å². The molecule has 0 aliphatic carbocycles. The van der Waals surface area contributed by atoms with Crippen molar-refractivity contribution in [2.75, 3.05) is 25.1 Å². The van der Waals surface area contributed by atoms with Gasteiger partial charge in [0.25, 0.3) is 0 Å². The summed E-state index contributed by atoms with van der Waals surface area (Å²) < 4.78 is 22.0. The van der Waals surface area contributed by atoms with Crippen molar-refractivity contribution in [3.05, 3.63) is 0 Å². The molecule has 68 valence electrons. The molecule has 0 aromatic rings. The molecule has 0 saturated heterocycles. The van der Waals surface area contributed by atoms with E-state index in [4.69, 9.17) is 5.11 Å². The van der Waals surface area contributed by atoms with Crippen LogP contribution in [0.4, 0.5) is 0 Å². The third-order valence-corrected chi connectivity index (χ3v) is 2.97. The second-order valence-corrected chi connectivity index (χ2v) is 4.80. The van der Waals surface area contributed by atoms with E-state index in [-0.39, 0.29) is 11.5 Å². The van der Waals surface area contributed by atoms with Gasteiger partial charge in [0.1, 0.15) is 0 Å². The average Bonchev–Trinajstić information content (AvgIpc) is 1.81. The van der Waals surface area contributed by atoms with Gasteiger partial charge in [0.05, 0.1) is 17.6 Å². The normalized spacial score (nSPS) is 14.8. The predicted octanol–water partition coefficient (Wildman–Crippen LogP) is -0.999. The molecule has 0 aromatic carbocycles. The van der Waals surface area contributed by atoms with Crippen molar-refractivity contribution in [3.8, 4) is 0 Å². The van der Waals surface area contributed by atoms with Crippen LogP contribution in [-0.2, 0) is 9.84 Å². The first-order valence-electron chi connectivity index (χ1n) is 3.51. The summed E-state index contributed by atoms with van der Waals surface area (Å²) in [6.07, 6.45) is -0.767. The van der Waals surface area contributed by atoms with Gasteiger partial charge in [0.15, 0.2) is 9.84 Å². The number of nitrogens with one attached hydrogen (secondary N) is 1. The highest BCUT2D eigenvalue weighted by atomic mass is 32.2. The van der Waals surface area contributed by atoms with E-state index < -0.39 is 15.9 Å². The Bertz CT molecular complexity index is 186. The molecule has 0 aliphatic heterocycles. The number of aliphatic hydroxyl groups excluding tert-OH is 1. The number of hydrogen-bond donors (Lipinski definition) is 2. The molecule has 1 atom stereocenters. The van der Waals surface area contributed by atoms with Gasteiger partial charge < -0.3 is 10.4 Å². The highest BCUT2D eigenvalue weighted by Gasteiger charge is 2.12. The second kappa shape index (κ2) is 4.69. The summed E-state index contributed by atoms with van der Waals surface area (Å²) in [7, 11) is -1.36. The van der Waals surface area contributed by atoms with E-state index in [1.54, 1.807) is 7.05 Å². The first-order chi connectivity index (χ1) is 4.98. The Balaban J connectivity index is 3.82. The largest absolute Gasteiger partial charge is 0.392 e. The Hall–Kier alpha value is -0.130. The van der Waals surface area contributed by atoms with Crippen LogP contribution in [0.25, 0.3) is 0 Å². The number of sulfone groups is 1. The summed E-state index contributed by atoms with van der Waals surface area (Å²) in [6, 6.07) is 0. The molecule has 0 amide bonds. The maximum Gasteiger partial charge on any atom is 0.154 e. The van der Waals surface area contributed by atoms with Gasteiger partial charge in [-0.15, -0.1) is 0 Å². The Labute approximate surface area is 67.5 Å². The molecule has 0 saturated carbocycles. The maximum atomic E-state index is 11.0. The summed E-state index contributed by atoms with van der Waals surface area (Å²) >= 11 is 0. The van der Waals surface area contributed by atoms with Crippen LogP contribution < -0.4 is 5.32 Å². The van der Waals surface area contributed by atoms with Crippen LogP contribution in [-0.4, -0.2) is 44.7 Å². The summed E-state index contributed by atoms with van der Waals surface area (Å²) in [5.41, 5.74) is 0. The van der Waals surface area contributed by atoms with Crippen molar-refractivity contribution >= 4 is 9.84 Å². The lowest BCUT2D eigenvalue weighted by atomic mass is 10.5. The van der Waals surface area contributed by atoms with E-state index >= 15 is 0 Å². The number of hydrogen-bond acceptors (Lipinski definition) is 4. The minimum atomic E-state index is -3.06. The van der Waals surface area contributed by atoms with E-state index in [1.807, 2.05) is 0 Å². The van der Waals surface area contributed by atoms with Gasteiger partial charge in [-0.3, -0.25) is 0 Å². The van der Waals surface area contributed by atoms with Gasteiger partial charge in [0, 0.05) is 6.54 Å². The van der Waals surface area contributed by atoms with Crippen LogP contribution in [0, 0.1) is 0 Å². The molecular weight excluding hydrogens is 166 g/mol. The van der Waals surface area contributed by atoms with Crippen molar-refractivity contribution in [3.63, 3.8) is 0 Å². The standard InChI is InChI=1S/C6H15NO3S/c1-6(8)5-11(9,10)4-3-7-2/h6-8H,3-5H2,1-2H3. The summed E-state index contributed by atoms with van der Waals surface area (Å²) in [5.74, 6) is -0.0525. The highest BCUT2D eigenvalue weighted by Crippen LogP contribution is 1.92. The van der Waals surface area contributed by atoms with Gasteiger partial charge in [0.2, 0.25) is 0 Å². The van der Waals surface area contributed by atoms with Crippen LogP contribution in [0.3, 0.4) is 0 Å². The van der Waals surface area contributed by atoms with E-state index in [1.165, 1.54) is 6.92 Å². The van der Waals surface area contributed by atoms with E-state index in [0.29, 0.717) is 6.54 Å². The lowest BCUT2D eigenvalue weighted by molar-refractivity contribution is 0.218. The third-order valence-electron chi connectivity index (χ3n) is 1.16. The molecule has 0 aliphatic rings. The molecule has 5 heteroatoms. The minimum Gasteiger partial charge on any atom is -0.392 e. The van der Waals surface area contributed by atoms with Crippen LogP contribution in [0.2, 0.25) is 0 Å². The monoisotopic (exact) mass is 181 g/mol. The molecule has 0 aromatic heterocycles. The minimum absolute atomic E-state index is 0.0917. The summed E-state index contributed by atoms with van der Waals surface area (Å²) in [5, 5.41) is 11.5. The van der Waals surface area contributed by atoms with Crippen molar-refractivity contribution < 1.29 is 13.5 Å². The smallest absolute Gasteiger partial charge is 0.154 e. The van der Waals surface area contributed by atoms with E-state index in [9.17, 15) is 8.42 Å². The Morgan fingerprint density at radius 2 is 2.09 bits per heavy atom. The fourth-order valence-corrected chi connectivity index (χ4v) is 2.13. The zero-order valence-corrected chi connectivity index (χ0v) is 7.69. The Morgan fingerprint density at radius 1 is 1.55 bits per heavy atom. The van der Waals surface area contributed by atoms with Gasteiger partial charge in [-0.2, -0.15) is 0 Å². The fraction of sp³-hybridized carbons (Fsp3) is 1.00. The quantitative estimate of drug-likeness (QED) is 0.571. The summed E-state index contributed by atoms with van der Waals surface area (Å²) in [6.45, 7) is 1.91. The zero-order chi connectivity index (χ0) is 8.91. The Kier molecular flexibility index (Phi) is 4.63.